The molecule has 0 aliphatic heterocycles. The van der Waals surface area contributed by atoms with Crippen LogP contribution in [0, 0.1) is 0 Å². The van der Waals surface area contributed by atoms with Crippen molar-refractivity contribution in [2.75, 3.05) is 7.05 Å². The summed E-state index contributed by atoms with van der Waals surface area (Å²) in [5.41, 5.74) is 1.99. The second kappa shape index (κ2) is 13.8. The third-order valence-corrected chi connectivity index (χ3v) is 9.36. The summed E-state index contributed by atoms with van der Waals surface area (Å²) in [6.45, 7) is 11.7. The van der Waals surface area contributed by atoms with Crippen LogP contribution in [0.1, 0.15) is 84.8 Å². The highest BCUT2D eigenvalue weighted by molar-refractivity contribution is 8.04. The number of rotatable bonds is 14. The predicted molar refractivity (Wildman–Crippen MR) is 155 cm³/mol. The van der Waals surface area contributed by atoms with Crippen molar-refractivity contribution in [2.45, 2.75) is 84.6 Å². The predicted octanol–water partition coefficient (Wildman–Crippen LogP) is 8.79. The van der Waals surface area contributed by atoms with Gasteiger partial charge in [0.05, 0.1) is 13.3 Å². The fourth-order valence-corrected chi connectivity index (χ4v) is 5.71. The lowest BCUT2D eigenvalue weighted by molar-refractivity contribution is 0.0967. The van der Waals surface area contributed by atoms with Crippen LogP contribution in [0.2, 0.25) is 0 Å². The SMILES string of the molecule is CC=Cc1ccc(OC(C)(CCC)[P+](=S)N(C)N=Cc2ccc(OC(C)(C)CCCC)cc2)cc1. The zero-order chi connectivity index (χ0) is 25.9. The minimum absolute atomic E-state index is 0.166. The van der Waals surface area contributed by atoms with Crippen LogP contribution >= 0.6 is 6.85 Å². The molecule has 6 heteroatoms. The Kier molecular flexibility index (Phi) is 11.4. The van der Waals surface area contributed by atoms with E-state index in [0.717, 1.165) is 48.3 Å². The number of hydrogen-bond acceptors (Lipinski definition) is 4. The molecule has 0 radical (unpaired) electrons. The molecule has 190 valence electrons. The van der Waals surface area contributed by atoms with Crippen LogP contribution in [0.15, 0.2) is 59.7 Å². The molecule has 35 heavy (non-hydrogen) atoms. The van der Waals surface area contributed by atoms with Crippen molar-refractivity contribution in [3.05, 3.63) is 65.7 Å². The Labute approximate surface area is 218 Å². The number of allylic oxidation sites excluding steroid dienone is 1. The minimum atomic E-state index is -1.10. The number of hydrogen-bond donors (Lipinski definition) is 0. The van der Waals surface area contributed by atoms with E-state index < -0.39 is 12.2 Å². The van der Waals surface area contributed by atoms with Gasteiger partial charge in [-0.2, -0.15) is 0 Å². The maximum absolute atomic E-state index is 6.47. The van der Waals surface area contributed by atoms with E-state index in [1.807, 2.05) is 67.4 Å². The molecule has 0 aliphatic carbocycles. The largest absolute Gasteiger partial charge is 0.488 e. The van der Waals surface area contributed by atoms with E-state index in [1.54, 1.807) is 0 Å². The van der Waals surface area contributed by atoms with Crippen molar-refractivity contribution in [3.8, 4) is 11.5 Å². The summed E-state index contributed by atoms with van der Waals surface area (Å²) in [5.74, 6) is 1.72. The molecule has 4 nitrogen and oxygen atoms in total. The summed E-state index contributed by atoms with van der Waals surface area (Å²) in [7, 11) is 1.94. The van der Waals surface area contributed by atoms with E-state index in [0.29, 0.717) is 0 Å². The van der Waals surface area contributed by atoms with Gasteiger partial charge in [-0.05, 0) is 87.6 Å². The number of hydrazone groups is 1. The van der Waals surface area contributed by atoms with Crippen LogP contribution in [-0.2, 0) is 11.8 Å². The number of ether oxygens (including phenoxy) is 2. The first-order valence-electron chi connectivity index (χ1n) is 12.6. The summed E-state index contributed by atoms with van der Waals surface area (Å²) in [4.78, 5) is 0. The van der Waals surface area contributed by atoms with Crippen molar-refractivity contribution < 1.29 is 9.47 Å². The lowest BCUT2D eigenvalue weighted by Gasteiger charge is -2.26. The number of nitrogens with zero attached hydrogens (tertiary/aromatic N) is 2. The van der Waals surface area contributed by atoms with E-state index in [-0.39, 0.29) is 5.60 Å². The van der Waals surface area contributed by atoms with Crippen molar-refractivity contribution in [2.24, 2.45) is 5.10 Å². The fraction of sp³-hybridized carbons (Fsp3) is 0.483. The molecule has 2 unspecified atom stereocenters. The first kappa shape index (κ1) is 29.0. The highest BCUT2D eigenvalue weighted by Crippen LogP contribution is 2.46. The molecule has 2 aromatic carbocycles. The second-order valence-corrected chi connectivity index (χ2v) is 12.7. The molecule has 0 N–H and O–H groups in total. The van der Waals surface area contributed by atoms with Gasteiger partial charge in [-0.1, -0.05) is 44.6 Å². The lowest BCUT2D eigenvalue weighted by atomic mass is 10.0. The maximum Gasteiger partial charge on any atom is 0.358 e. The quantitative estimate of drug-likeness (QED) is 0.144. The monoisotopic (exact) mass is 513 g/mol. The van der Waals surface area contributed by atoms with Gasteiger partial charge in [-0.3, -0.25) is 0 Å². The Balaban J connectivity index is 2.06. The van der Waals surface area contributed by atoms with Crippen molar-refractivity contribution in [1.29, 1.82) is 0 Å². The second-order valence-electron chi connectivity index (χ2n) is 9.64. The van der Waals surface area contributed by atoms with E-state index in [2.05, 4.69) is 57.9 Å². The summed E-state index contributed by atoms with van der Waals surface area (Å²) >= 11 is 5.98. The fourth-order valence-electron chi connectivity index (χ4n) is 3.84. The van der Waals surface area contributed by atoms with Gasteiger partial charge < -0.3 is 9.47 Å². The highest BCUT2D eigenvalue weighted by atomic mass is 32.4. The molecule has 0 bridgehead atoms. The zero-order valence-electron chi connectivity index (χ0n) is 22.5. The van der Waals surface area contributed by atoms with E-state index in [4.69, 9.17) is 21.3 Å². The third-order valence-electron chi connectivity index (χ3n) is 5.74. The number of unbranched alkanes of at least 4 members (excludes halogenated alkanes) is 1. The van der Waals surface area contributed by atoms with Crippen molar-refractivity contribution in [3.63, 3.8) is 0 Å². The molecule has 0 fully saturated rings. The van der Waals surface area contributed by atoms with Crippen LogP contribution in [0.4, 0.5) is 0 Å². The van der Waals surface area contributed by atoms with Gasteiger partial charge in [-0.25, -0.2) is 0 Å². The molecule has 0 amide bonds. The molecule has 0 saturated heterocycles. The lowest BCUT2D eigenvalue weighted by Crippen LogP contribution is -2.31. The first-order valence-corrected chi connectivity index (χ1v) is 14.9. The Hall–Kier alpha value is -2.23. The molecule has 0 aliphatic rings. The van der Waals surface area contributed by atoms with E-state index >= 15 is 0 Å². The third kappa shape index (κ3) is 9.39. The average molecular weight is 514 g/mol. The highest BCUT2D eigenvalue weighted by Gasteiger charge is 2.45. The van der Waals surface area contributed by atoms with Crippen LogP contribution in [0.25, 0.3) is 6.08 Å². The van der Waals surface area contributed by atoms with Gasteiger partial charge in [0.1, 0.15) is 17.1 Å². The van der Waals surface area contributed by atoms with Gasteiger partial charge >= 0.3 is 6.85 Å². The molecular formula is C29H42N2O2PS+. The van der Waals surface area contributed by atoms with Gasteiger partial charge in [-0.15, -0.1) is 9.88 Å². The van der Waals surface area contributed by atoms with E-state index in [1.165, 1.54) is 6.42 Å². The zero-order valence-corrected chi connectivity index (χ0v) is 24.2. The number of benzene rings is 2. The smallest absolute Gasteiger partial charge is 0.358 e. The standard InChI is InChI=1S/C29H42N2O2PS/c1-8-11-22-28(4,5)32-26-19-15-25(16-20-26)23-30-31(7)34(35)29(6,21-10-3)33-27-17-13-24(12-9-2)14-18-27/h9,12-20,23H,8,10-11,21-22H2,1-7H3/q+1. The van der Waals surface area contributed by atoms with Crippen LogP contribution in [0.3, 0.4) is 0 Å². The van der Waals surface area contributed by atoms with E-state index in [9.17, 15) is 0 Å². The summed E-state index contributed by atoms with van der Waals surface area (Å²) in [6, 6.07) is 16.2. The summed E-state index contributed by atoms with van der Waals surface area (Å²) < 4.78 is 14.5. The van der Waals surface area contributed by atoms with Gasteiger partial charge in [0.15, 0.2) is 11.8 Å². The maximum atomic E-state index is 6.47. The normalized spacial score (nSPS) is 14.2. The molecule has 0 aromatic heterocycles. The topological polar surface area (TPSA) is 34.1 Å². The summed E-state index contributed by atoms with van der Waals surface area (Å²) in [6.07, 6.45) is 11.2. The Morgan fingerprint density at radius 3 is 2.00 bits per heavy atom. The van der Waals surface area contributed by atoms with Crippen LogP contribution in [0.5, 0.6) is 11.5 Å². The molecule has 0 saturated carbocycles. The van der Waals surface area contributed by atoms with Crippen molar-refractivity contribution >= 4 is 30.9 Å². The summed E-state index contributed by atoms with van der Waals surface area (Å²) in [5, 5.41) is 4.18. The molecule has 0 spiro atoms. The molecule has 2 rings (SSSR count). The van der Waals surface area contributed by atoms with Gasteiger partial charge in [0, 0.05) is 13.3 Å². The van der Waals surface area contributed by atoms with Gasteiger partial charge in [0.25, 0.3) is 5.34 Å². The van der Waals surface area contributed by atoms with Crippen LogP contribution in [-0.4, -0.2) is 29.0 Å². The Bertz CT molecular complexity index is 987. The van der Waals surface area contributed by atoms with Crippen molar-refractivity contribution in [1.82, 2.24) is 4.78 Å². The molecular weight excluding hydrogens is 471 g/mol. The Morgan fingerprint density at radius 1 is 0.886 bits per heavy atom. The first-order chi connectivity index (χ1) is 16.6. The molecule has 0 heterocycles. The minimum Gasteiger partial charge on any atom is -0.488 e. The average Bonchev–Trinajstić information content (AvgIpc) is 2.83. The molecule has 2 atom stereocenters. The van der Waals surface area contributed by atoms with Gasteiger partial charge in [0.2, 0.25) is 0 Å². The molecule has 2 aromatic rings. The Morgan fingerprint density at radius 2 is 1.46 bits per heavy atom. The van der Waals surface area contributed by atoms with Crippen LogP contribution < -0.4 is 9.47 Å².